The summed E-state index contributed by atoms with van der Waals surface area (Å²) in [5.41, 5.74) is 5.56. The van der Waals surface area contributed by atoms with Gasteiger partial charge in [0, 0.05) is 16.6 Å². The minimum atomic E-state index is -4.54. The highest BCUT2D eigenvalue weighted by atomic mass is 32.1. The summed E-state index contributed by atoms with van der Waals surface area (Å²) in [6.07, 6.45) is -2.27. The number of alkyl halides is 3. The second-order valence-electron chi connectivity index (χ2n) is 7.83. The van der Waals surface area contributed by atoms with E-state index < -0.39 is 29.7 Å². The summed E-state index contributed by atoms with van der Waals surface area (Å²) in [6, 6.07) is 0. The van der Waals surface area contributed by atoms with Gasteiger partial charge < -0.3 is 15.8 Å². The molecule has 1 aliphatic carbocycles. The van der Waals surface area contributed by atoms with Crippen LogP contribution in [0.4, 0.5) is 18.2 Å². The zero-order valence-electron chi connectivity index (χ0n) is 18.6. The number of hydrogen-bond donors (Lipinski definition) is 2. The van der Waals surface area contributed by atoms with Crippen LogP contribution in [0.1, 0.15) is 70.9 Å². The van der Waals surface area contributed by atoms with E-state index in [1.165, 1.54) is 24.1 Å². The van der Waals surface area contributed by atoms with Crippen molar-refractivity contribution in [3.8, 4) is 0 Å². The molecule has 0 unspecified atom stereocenters. The van der Waals surface area contributed by atoms with Crippen molar-refractivity contribution in [2.24, 2.45) is 5.73 Å². The molecule has 3 aromatic heterocycles. The molecule has 0 aliphatic heterocycles. The van der Waals surface area contributed by atoms with Gasteiger partial charge in [-0.15, -0.1) is 22.7 Å². The molecule has 0 aromatic carbocycles. The van der Waals surface area contributed by atoms with Crippen LogP contribution >= 0.6 is 22.7 Å². The number of carbonyl (C=O) groups is 3. The molecule has 0 fully saturated rings. The maximum absolute atomic E-state index is 13.4. The zero-order chi connectivity index (χ0) is 25.5. The Bertz CT molecular complexity index is 1330. The van der Waals surface area contributed by atoms with Gasteiger partial charge in [0.05, 0.1) is 24.1 Å². The zero-order valence-corrected chi connectivity index (χ0v) is 20.2. The predicted octanol–water partition coefficient (Wildman–Crippen LogP) is 3.79. The summed E-state index contributed by atoms with van der Waals surface area (Å²) in [7, 11) is 1.17. The van der Waals surface area contributed by atoms with Gasteiger partial charge in [-0.3, -0.25) is 14.3 Å². The van der Waals surface area contributed by atoms with Gasteiger partial charge in [0.2, 0.25) is 0 Å². The first-order valence-electron chi connectivity index (χ1n) is 10.4. The fourth-order valence-electron chi connectivity index (χ4n) is 4.00. The quantitative estimate of drug-likeness (QED) is 0.469. The van der Waals surface area contributed by atoms with E-state index in [0.717, 1.165) is 29.1 Å². The standard InChI is InChI=1S/C21H20F3N5O4S2/c1-9-14(20(32)33-2)19(35-15(9)17(25)30)27-18(31)11-8-34-13(26-11)7-29-12-6-4-3-5-10(12)16(28-29)21(22,23)24/h8H,3-7H2,1-2H3,(H2,25,30)(H,27,31). The Morgan fingerprint density at radius 3 is 2.63 bits per heavy atom. The van der Waals surface area contributed by atoms with E-state index >= 15 is 0 Å². The predicted molar refractivity (Wildman–Crippen MR) is 122 cm³/mol. The molecule has 0 spiro atoms. The van der Waals surface area contributed by atoms with Crippen LogP contribution in [-0.2, 0) is 30.3 Å². The van der Waals surface area contributed by atoms with Crippen molar-refractivity contribution in [2.75, 3.05) is 12.4 Å². The maximum Gasteiger partial charge on any atom is 0.435 e. The molecule has 3 heterocycles. The van der Waals surface area contributed by atoms with Crippen LogP contribution in [0.25, 0.3) is 0 Å². The average molecular weight is 528 g/mol. The fraction of sp³-hybridized carbons (Fsp3) is 0.381. The number of ether oxygens (including phenoxy) is 1. The molecule has 1 aliphatic rings. The Hall–Kier alpha value is -3.26. The van der Waals surface area contributed by atoms with Crippen LogP contribution in [0.3, 0.4) is 0 Å². The van der Waals surface area contributed by atoms with Gasteiger partial charge in [-0.2, -0.15) is 18.3 Å². The highest BCUT2D eigenvalue weighted by Gasteiger charge is 2.39. The van der Waals surface area contributed by atoms with E-state index in [1.807, 2.05) is 0 Å². The summed E-state index contributed by atoms with van der Waals surface area (Å²) >= 11 is 1.94. The van der Waals surface area contributed by atoms with Gasteiger partial charge in [0.25, 0.3) is 11.8 Å². The van der Waals surface area contributed by atoms with Crippen LogP contribution in [0, 0.1) is 6.92 Å². The van der Waals surface area contributed by atoms with Crippen LogP contribution < -0.4 is 11.1 Å². The first-order chi connectivity index (χ1) is 16.5. The second-order valence-corrected chi connectivity index (χ2v) is 9.80. The number of anilines is 1. The molecule has 9 nitrogen and oxygen atoms in total. The summed E-state index contributed by atoms with van der Waals surface area (Å²) in [6.45, 7) is 1.51. The van der Waals surface area contributed by atoms with Crippen molar-refractivity contribution in [1.29, 1.82) is 0 Å². The number of aromatic nitrogens is 3. The lowest BCUT2D eigenvalue weighted by Crippen LogP contribution is -2.15. The number of hydrogen-bond acceptors (Lipinski definition) is 8. The normalized spacial score (nSPS) is 13.4. The Balaban J connectivity index is 1.57. The third kappa shape index (κ3) is 4.80. The van der Waals surface area contributed by atoms with Crippen LogP contribution in [-0.4, -0.2) is 39.7 Å². The molecule has 35 heavy (non-hydrogen) atoms. The van der Waals surface area contributed by atoms with Gasteiger partial charge in [0.1, 0.15) is 15.7 Å². The number of methoxy groups -OCH3 is 1. The SMILES string of the molecule is COC(=O)c1c(NC(=O)c2csc(Cn3nc(C(F)(F)F)c4c3CCCC4)n2)sc(C(N)=O)c1C. The molecule has 0 radical (unpaired) electrons. The highest BCUT2D eigenvalue weighted by Crippen LogP contribution is 2.36. The Kier molecular flexibility index (Phi) is 6.68. The third-order valence-electron chi connectivity index (χ3n) is 5.58. The van der Waals surface area contributed by atoms with Crippen LogP contribution in [0.5, 0.6) is 0 Å². The van der Waals surface area contributed by atoms with Crippen molar-refractivity contribution >= 4 is 45.5 Å². The van der Waals surface area contributed by atoms with E-state index in [-0.39, 0.29) is 38.8 Å². The van der Waals surface area contributed by atoms with Crippen molar-refractivity contribution in [3.05, 3.63) is 49.0 Å². The number of primary amides is 1. The number of carbonyl (C=O) groups excluding carboxylic acids is 3. The average Bonchev–Trinajstić information content (AvgIpc) is 3.50. The van der Waals surface area contributed by atoms with Gasteiger partial charge in [-0.25, -0.2) is 9.78 Å². The first-order valence-corrected chi connectivity index (χ1v) is 12.1. The molecule has 14 heteroatoms. The van der Waals surface area contributed by atoms with E-state index in [1.54, 1.807) is 0 Å². The lowest BCUT2D eigenvalue weighted by molar-refractivity contribution is -0.142. The van der Waals surface area contributed by atoms with E-state index in [0.29, 0.717) is 30.0 Å². The number of thiazole rings is 1. The minimum absolute atomic E-state index is 0.00422. The number of nitrogens with one attached hydrogen (secondary N) is 1. The highest BCUT2D eigenvalue weighted by molar-refractivity contribution is 7.18. The summed E-state index contributed by atoms with van der Waals surface area (Å²) < 4.78 is 46.4. The molecule has 2 amide bonds. The lowest BCUT2D eigenvalue weighted by atomic mass is 9.95. The minimum Gasteiger partial charge on any atom is -0.465 e. The van der Waals surface area contributed by atoms with E-state index in [2.05, 4.69) is 15.4 Å². The fourth-order valence-corrected chi connectivity index (χ4v) is 5.79. The molecule has 3 N–H and O–H groups in total. The number of halogens is 3. The molecule has 4 rings (SSSR count). The second kappa shape index (κ2) is 9.41. The number of esters is 1. The Morgan fingerprint density at radius 2 is 1.97 bits per heavy atom. The van der Waals surface area contributed by atoms with Gasteiger partial charge >= 0.3 is 12.1 Å². The lowest BCUT2D eigenvalue weighted by Gasteiger charge is -2.14. The van der Waals surface area contributed by atoms with Gasteiger partial charge in [-0.1, -0.05) is 0 Å². The molecule has 0 atom stereocenters. The van der Waals surface area contributed by atoms with Gasteiger partial charge in [0.15, 0.2) is 5.69 Å². The molecule has 0 saturated heterocycles. The van der Waals surface area contributed by atoms with Gasteiger partial charge in [-0.05, 0) is 38.2 Å². The van der Waals surface area contributed by atoms with Crippen molar-refractivity contribution < 1.29 is 32.3 Å². The molecular formula is C21H20F3N5O4S2. The maximum atomic E-state index is 13.4. The largest absolute Gasteiger partial charge is 0.465 e. The summed E-state index contributed by atoms with van der Waals surface area (Å²) in [5.74, 6) is -2.16. The monoisotopic (exact) mass is 527 g/mol. The number of thiophene rings is 1. The number of amides is 2. The summed E-state index contributed by atoms with van der Waals surface area (Å²) in [4.78, 5) is 41.0. The Morgan fingerprint density at radius 1 is 1.26 bits per heavy atom. The molecule has 0 bridgehead atoms. The number of rotatable bonds is 6. The molecule has 3 aromatic rings. The topological polar surface area (TPSA) is 129 Å². The summed E-state index contributed by atoms with van der Waals surface area (Å²) in [5, 5.41) is 8.30. The molecule has 0 saturated carbocycles. The van der Waals surface area contributed by atoms with Crippen molar-refractivity contribution in [2.45, 2.75) is 45.3 Å². The van der Waals surface area contributed by atoms with Crippen LogP contribution in [0.15, 0.2) is 5.38 Å². The molecule has 186 valence electrons. The molecular weight excluding hydrogens is 507 g/mol. The van der Waals surface area contributed by atoms with Crippen LogP contribution in [0.2, 0.25) is 0 Å². The van der Waals surface area contributed by atoms with Crippen molar-refractivity contribution in [1.82, 2.24) is 14.8 Å². The number of nitrogens with zero attached hydrogens (tertiary/aromatic N) is 3. The van der Waals surface area contributed by atoms with E-state index in [9.17, 15) is 27.6 Å². The number of fused-ring (bicyclic) bond motifs is 1. The smallest absolute Gasteiger partial charge is 0.435 e. The Labute approximate surface area is 205 Å². The van der Waals surface area contributed by atoms with Crippen molar-refractivity contribution in [3.63, 3.8) is 0 Å². The first kappa shape index (κ1) is 24.9. The van der Waals surface area contributed by atoms with E-state index in [4.69, 9.17) is 10.5 Å². The number of nitrogens with two attached hydrogens (primary N) is 1. The third-order valence-corrected chi connectivity index (χ3v) is 7.64.